The van der Waals surface area contributed by atoms with Crippen molar-refractivity contribution in [3.8, 4) is 11.5 Å². The number of ether oxygens (including phenoxy) is 1. The highest BCUT2D eigenvalue weighted by molar-refractivity contribution is 6.32. The van der Waals surface area contributed by atoms with Crippen LogP contribution in [-0.4, -0.2) is 0 Å². The molecule has 0 saturated heterocycles. The smallest absolute Gasteiger partial charge is 0.133 e. The van der Waals surface area contributed by atoms with Gasteiger partial charge in [-0.15, -0.1) is 11.6 Å². The molecule has 0 radical (unpaired) electrons. The van der Waals surface area contributed by atoms with Crippen LogP contribution in [0.4, 0.5) is 0 Å². The van der Waals surface area contributed by atoms with E-state index in [1.54, 1.807) is 0 Å². The van der Waals surface area contributed by atoms with Gasteiger partial charge in [0.2, 0.25) is 0 Å². The number of alkyl halides is 1. The van der Waals surface area contributed by atoms with Crippen LogP contribution in [0.25, 0.3) is 0 Å². The molecule has 1 nitrogen and oxygen atoms in total. The van der Waals surface area contributed by atoms with Crippen LogP contribution < -0.4 is 4.74 Å². The van der Waals surface area contributed by atoms with Crippen LogP contribution >= 0.6 is 23.2 Å². The van der Waals surface area contributed by atoms with Crippen LogP contribution in [0.2, 0.25) is 5.02 Å². The summed E-state index contributed by atoms with van der Waals surface area (Å²) in [5.41, 5.74) is 2.22. The lowest BCUT2D eigenvalue weighted by atomic mass is 9.87. The second-order valence-corrected chi connectivity index (χ2v) is 6.40. The highest BCUT2D eigenvalue weighted by Gasteiger charge is 2.13. The maximum Gasteiger partial charge on any atom is 0.133 e. The molecule has 2 aromatic carbocycles. The van der Waals surface area contributed by atoms with E-state index in [1.165, 1.54) is 5.56 Å². The quantitative estimate of drug-likeness (QED) is 0.616. The zero-order valence-corrected chi connectivity index (χ0v) is 13.4. The van der Waals surface area contributed by atoms with Gasteiger partial charge in [-0.3, -0.25) is 0 Å². The van der Waals surface area contributed by atoms with Gasteiger partial charge in [-0.25, -0.2) is 0 Å². The van der Waals surface area contributed by atoms with Crippen LogP contribution in [0.3, 0.4) is 0 Å². The highest BCUT2D eigenvalue weighted by Crippen LogP contribution is 2.32. The predicted molar refractivity (Wildman–Crippen MR) is 86.2 cm³/mol. The Hall–Kier alpha value is -1.18. The Morgan fingerprint density at radius 1 is 1.00 bits per heavy atom. The van der Waals surface area contributed by atoms with Gasteiger partial charge in [-0.2, -0.15) is 0 Å². The first-order valence-electron chi connectivity index (χ1n) is 6.53. The third-order valence-corrected chi connectivity index (χ3v) is 3.78. The maximum absolute atomic E-state index is 6.12. The molecule has 0 unspecified atom stereocenters. The molecule has 0 amide bonds. The summed E-state index contributed by atoms with van der Waals surface area (Å²) in [7, 11) is 0. The highest BCUT2D eigenvalue weighted by atomic mass is 35.5. The molecule has 0 N–H and O–H groups in total. The third-order valence-electron chi connectivity index (χ3n) is 3.16. The van der Waals surface area contributed by atoms with Gasteiger partial charge in [0.1, 0.15) is 11.5 Å². The molecule has 106 valence electrons. The van der Waals surface area contributed by atoms with Crippen molar-refractivity contribution in [3.05, 3.63) is 58.6 Å². The van der Waals surface area contributed by atoms with E-state index >= 15 is 0 Å². The predicted octanol–water partition coefficient (Wildman–Crippen LogP) is 6.17. The van der Waals surface area contributed by atoms with Gasteiger partial charge in [0.05, 0.1) is 5.88 Å². The van der Waals surface area contributed by atoms with Crippen LogP contribution in [0.1, 0.15) is 31.9 Å². The lowest BCUT2D eigenvalue weighted by molar-refractivity contribution is 0.477. The van der Waals surface area contributed by atoms with Crippen LogP contribution in [0, 0.1) is 0 Å². The van der Waals surface area contributed by atoms with Gasteiger partial charge in [-0.1, -0.05) is 50.6 Å². The normalized spacial score (nSPS) is 11.4. The van der Waals surface area contributed by atoms with Crippen molar-refractivity contribution >= 4 is 23.2 Å². The molecular weight excluding hydrogens is 291 g/mol. The maximum atomic E-state index is 6.12. The summed E-state index contributed by atoms with van der Waals surface area (Å²) in [5.74, 6) is 1.82. The third kappa shape index (κ3) is 3.47. The second-order valence-electron chi connectivity index (χ2n) is 5.73. The molecule has 0 spiro atoms. The molecule has 0 bridgehead atoms. The fraction of sp³-hybridized carbons (Fsp3) is 0.294. The van der Waals surface area contributed by atoms with Gasteiger partial charge in [0.25, 0.3) is 0 Å². The van der Waals surface area contributed by atoms with E-state index in [0.29, 0.717) is 16.7 Å². The zero-order chi connectivity index (χ0) is 14.8. The van der Waals surface area contributed by atoms with E-state index in [4.69, 9.17) is 27.9 Å². The molecule has 0 aliphatic rings. The molecule has 0 aliphatic heterocycles. The Morgan fingerprint density at radius 3 is 2.20 bits per heavy atom. The van der Waals surface area contributed by atoms with Crippen molar-refractivity contribution in [2.75, 3.05) is 0 Å². The van der Waals surface area contributed by atoms with E-state index in [2.05, 4.69) is 32.9 Å². The fourth-order valence-electron chi connectivity index (χ4n) is 1.91. The SMILES string of the molecule is CC(C)(C)c1ccc(Oc2cccc(Cl)c2CCl)cc1. The molecule has 20 heavy (non-hydrogen) atoms. The molecule has 3 heteroatoms. The summed E-state index contributed by atoms with van der Waals surface area (Å²) in [6, 6.07) is 13.7. The summed E-state index contributed by atoms with van der Waals surface area (Å²) >= 11 is 12.0. The topological polar surface area (TPSA) is 9.23 Å². The molecule has 0 heterocycles. The number of hydrogen-bond donors (Lipinski definition) is 0. The first-order chi connectivity index (χ1) is 9.41. The summed E-state index contributed by atoms with van der Waals surface area (Å²) in [5, 5.41) is 0.629. The first kappa shape index (κ1) is 15.2. The monoisotopic (exact) mass is 308 g/mol. The van der Waals surface area contributed by atoms with Crippen molar-refractivity contribution in [1.29, 1.82) is 0 Å². The number of halogens is 2. The second kappa shape index (κ2) is 6.07. The lowest BCUT2D eigenvalue weighted by Crippen LogP contribution is -2.10. The van der Waals surface area contributed by atoms with E-state index in [0.717, 1.165) is 11.3 Å². The summed E-state index contributed by atoms with van der Waals surface area (Å²) in [6.07, 6.45) is 0. The molecule has 0 aromatic heterocycles. The molecule has 2 rings (SSSR count). The van der Waals surface area contributed by atoms with Gasteiger partial charge < -0.3 is 4.74 Å². The van der Waals surface area contributed by atoms with Crippen molar-refractivity contribution in [2.45, 2.75) is 32.1 Å². The van der Waals surface area contributed by atoms with Gasteiger partial charge in [0.15, 0.2) is 0 Å². The minimum atomic E-state index is 0.135. The Kier molecular flexibility index (Phi) is 4.62. The van der Waals surface area contributed by atoms with Crippen molar-refractivity contribution in [3.63, 3.8) is 0 Å². The standard InChI is InChI=1S/C17H18Cl2O/c1-17(2,3)12-7-9-13(10-8-12)20-16-6-4-5-15(19)14(16)11-18/h4-10H,11H2,1-3H3. The van der Waals surface area contributed by atoms with Crippen LogP contribution in [0.5, 0.6) is 11.5 Å². The number of hydrogen-bond acceptors (Lipinski definition) is 1. The summed E-state index contributed by atoms with van der Waals surface area (Å²) < 4.78 is 5.88. The number of rotatable bonds is 3. The van der Waals surface area contributed by atoms with Crippen LogP contribution in [-0.2, 0) is 11.3 Å². The van der Waals surface area contributed by atoms with E-state index < -0.39 is 0 Å². The lowest BCUT2D eigenvalue weighted by Gasteiger charge is -2.19. The minimum absolute atomic E-state index is 0.135. The van der Waals surface area contributed by atoms with Gasteiger partial charge in [-0.05, 0) is 35.2 Å². The van der Waals surface area contributed by atoms with Crippen molar-refractivity contribution < 1.29 is 4.74 Å². The Bertz CT molecular complexity index is 583. The molecule has 0 aliphatic carbocycles. The molecule has 2 aromatic rings. The molecule has 0 saturated carbocycles. The van der Waals surface area contributed by atoms with Gasteiger partial charge >= 0.3 is 0 Å². The Labute approximate surface area is 130 Å². The van der Waals surface area contributed by atoms with E-state index in [1.807, 2.05) is 30.3 Å². The average molecular weight is 309 g/mol. The van der Waals surface area contributed by atoms with E-state index in [9.17, 15) is 0 Å². The number of benzene rings is 2. The van der Waals surface area contributed by atoms with Crippen molar-refractivity contribution in [1.82, 2.24) is 0 Å². The van der Waals surface area contributed by atoms with E-state index in [-0.39, 0.29) is 5.41 Å². The molecular formula is C17H18Cl2O. The largest absolute Gasteiger partial charge is 0.457 e. The summed E-state index contributed by atoms with van der Waals surface area (Å²) in [6.45, 7) is 6.56. The van der Waals surface area contributed by atoms with Crippen molar-refractivity contribution in [2.24, 2.45) is 0 Å². The molecule has 0 atom stereocenters. The first-order valence-corrected chi connectivity index (χ1v) is 7.45. The Balaban J connectivity index is 2.25. The minimum Gasteiger partial charge on any atom is -0.457 e. The Morgan fingerprint density at radius 2 is 1.65 bits per heavy atom. The zero-order valence-electron chi connectivity index (χ0n) is 11.9. The van der Waals surface area contributed by atoms with Crippen LogP contribution in [0.15, 0.2) is 42.5 Å². The van der Waals surface area contributed by atoms with Gasteiger partial charge in [0, 0.05) is 10.6 Å². The average Bonchev–Trinajstić information content (AvgIpc) is 2.38. The summed E-state index contributed by atoms with van der Waals surface area (Å²) in [4.78, 5) is 0. The molecule has 0 fully saturated rings. The fourth-order valence-corrected chi connectivity index (χ4v) is 2.49.